The number of Topliss-reactive ketones (excluding diaryl/α,β-unsaturated/α-hetero) is 1. The summed E-state index contributed by atoms with van der Waals surface area (Å²) in [4.78, 5) is 27.1. The lowest BCUT2D eigenvalue weighted by molar-refractivity contribution is -0.146. The average Bonchev–Trinajstić information content (AvgIpc) is 2.65. The minimum Gasteiger partial charge on any atom is -0.510 e. The number of ether oxygens (including phenoxy) is 1. The molecule has 0 aliphatic heterocycles. The zero-order chi connectivity index (χ0) is 19.3. The molecule has 1 aromatic rings. The van der Waals surface area contributed by atoms with Crippen LogP contribution < -0.4 is 0 Å². The summed E-state index contributed by atoms with van der Waals surface area (Å²) in [6, 6.07) is 9.24. The highest BCUT2D eigenvalue weighted by Crippen LogP contribution is 2.43. The molecule has 0 heterocycles. The van der Waals surface area contributed by atoms with Crippen LogP contribution in [0.5, 0.6) is 0 Å². The predicted molar refractivity (Wildman–Crippen MR) is 107 cm³/mol. The van der Waals surface area contributed by atoms with Crippen molar-refractivity contribution in [2.45, 2.75) is 26.2 Å². The Labute approximate surface area is 163 Å². The summed E-state index contributed by atoms with van der Waals surface area (Å²) in [5.41, 5.74) is 0.818. The fourth-order valence-electron chi connectivity index (χ4n) is 3.04. The van der Waals surface area contributed by atoms with E-state index in [1.165, 1.54) is 7.11 Å². The number of hydrogen-bond donors (Lipinski definition) is 1. The molecular weight excluding hydrogens is 370 g/mol. The second-order valence-corrected chi connectivity index (χ2v) is 7.54. The smallest absolute Gasteiger partial charge is 0.317 e. The SMILES string of the molecule is CCN(CC)C(=S)SC1=C(O)C(C(=O)OC)C(c2ccccc2)CC1=O. The number of allylic oxidation sites excluding steroid dienone is 1. The molecule has 0 bridgehead atoms. The molecule has 1 N–H and O–H groups in total. The maximum absolute atomic E-state index is 12.7. The second kappa shape index (κ2) is 9.19. The standard InChI is InChI=1S/C19H23NO4S2/c1-4-20(5-2)19(25)26-17-14(21)11-13(12-9-7-6-8-10-12)15(16(17)22)18(23)24-3/h6-10,13,15,22H,4-5,11H2,1-3H3. The van der Waals surface area contributed by atoms with Gasteiger partial charge in [0.2, 0.25) is 0 Å². The van der Waals surface area contributed by atoms with E-state index < -0.39 is 17.8 Å². The molecule has 2 atom stereocenters. The van der Waals surface area contributed by atoms with Crippen LogP contribution in [-0.2, 0) is 14.3 Å². The summed E-state index contributed by atoms with van der Waals surface area (Å²) in [6.07, 6.45) is 0.122. The number of aliphatic hydroxyl groups excluding tert-OH is 1. The number of benzene rings is 1. The summed E-state index contributed by atoms with van der Waals surface area (Å²) in [6.45, 7) is 5.35. The van der Waals surface area contributed by atoms with Gasteiger partial charge in [-0.2, -0.15) is 0 Å². The summed E-state index contributed by atoms with van der Waals surface area (Å²) in [7, 11) is 1.28. The zero-order valence-corrected chi connectivity index (χ0v) is 16.7. The first-order valence-corrected chi connectivity index (χ1v) is 9.72. The molecule has 0 radical (unpaired) electrons. The first kappa shape index (κ1) is 20.5. The number of nitrogens with zero attached hydrogens (tertiary/aromatic N) is 1. The number of carbonyl (C=O) groups is 2. The van der Waals surface area contributed by atoms with E-state index in [1.54, 1.807) is 0 Å². The van der Waals surface area contributed by atoms with Crippen LogP contribution in [-0.4, -0.2) is 46.3 Å². The van der Waals surface area contributed by atoms with Crippen LogP contribution in [0.2, 0.25) is 0 Å². The first-order valence-electron chi connectivity index (χ1n) is 8.50. The molecule has 0 saturated carbocycles. The van der Waals surface area contributed by atoms with Gasteiger partial charge in [0.05, 0.1) is 12.0 Å². The van der Waals surface area contributed by atoms with Crippen LogP contribution >= 0.6 is 24.0 Å². The van der Waals surface area contributed by atoms with E-state index in [4.69, 9.17) is 17.0 Å². The third-order valence-corrected chi connectivity index (χ3v) is 6.06. The van der Waals surface area contributed by atoms with Crippen molar-refractivity contribution in [2.24, 2.45) is 5.92 Å². The normalized spacial score (nSPS) is 20.0. The van der Waals surface area contributed by atoms with E-state index in [9.17, 15) is 14.7 Å². The molecule has 5 nitrogen and oxygen atoms in total. The van der Waals surface area contributed by atoms with E-state index in [1.807, 2.05) is 49.1 Å². The third-order valence-electron chi connectivity index (χ3n) is 4.48. The number of hydrogen-bond acceptors (Lipinski definition) is 6. The first-order chi connectivity index (χ1) is 12.4. The third kappa shape index (κ3) is 4.27. The Morgan fingerprint density at radius 3 is 2.46 bits per heavy atom. The maximum atomic E-state index is 12.7. The van der Waals surface area contributed by atoms with Crippen molar-refractivity contribution >= 4 is 40.1 Å². The van der Waals surface area contributed by atoms with Crippen molar-refractivity contribution in [1.82, 2.24) is 4.90 Å². The van der Waals surface area contributed by atoms with Gasteiger partial charge in [0.15, 0.2) is 5.78 Å². The Morgan fingerprint density at radius 2 is 1.92 bits per heavy atom. The molecule has 2 rings (SSSR count). The van der Waals surface area contributed by atoms with Crippen LogP contribution in [0, 0.1) is 5.92 Å². The predicted octanol–water partition coefficient (Wildman–Crippen LogP) is 3.66. The van der Waals surface area contributed by atoms with Gasteiger partial charge in [-0.25, -0.2) is 0 Å². The highest BCUT2D eigenvalue weighted by Gasteiger charge is 2.43. The molecule has 140 valence electrons. The number of ketones is 1. The number of rotatable bonds is 5. The fraction of sp³-hybridized carbons (Fsp3) is 0.421. The number of thioether (sulfide) groups is 1. The lowest BCUT2D eigenvalue weighted by Crippen LogP contribution is -2.34. The van der Waals surface area contributed by atoms with Crippen molar-refractivity contribution in [3.8, 4) is 0 Å². The molecule has 1 aromatic carbocycles. The molecule has 26 heavy (non-hydrogen) atoms. The summed E-state index contributed by atoms with van der Waals surface area (Å²) in [5, 5.41) is 10.8. The van der Waals surface area contributed by atoms with Gasteiger partial charge in [-0.3, -0.25) is 9.59 Å². The van der Waals surface area contributed by atoms with Crippen LogP contribution in [0.15, 0.2) is 41.0 Å². The molecule has 7 heteroatoms. The molecule has 0 saturated heterocycles. The summed E-state index contributed by atoms with van der Waals surface area (Å²) in [5.74, 6) is -2.39. The van der Waals surface area contributed by atoms with Crippen molar-refractivity contribution in [2.75, 3.05) is 20.2 Å². The zero-order valence-electron chi connectivity index (χ0n) is 15.1. The number of esters is 1. The van der Waals surface area contributed by atoms with Crippen molar-refractivity contribution in [3.63, 3.8) is 0 Å². The van der Waals surface area contributed by atoms with E-state index >= 15 is 0 Å². The van der Waals surface area contributed by atoms with Crippen LogP contribution in [0.1, 0.15) is 31.7 Å². The van der Waals surface area contributed by atoms with Gasteiger partial charge in [-0.1, -0.05) is 54.3 Å². The molecule has 0 aromatic heterocycles. The van der Waals surface area contributed by atoms with Gasteiger partial charge in [-0.05, 0) is 19.4 Å². The van der Waals surface area contributed by atoms with Gasteiger partial charge >= 0.3 is 5.97 Å². The minimum atomic E-state index is -0.915. The van der Waals surface area contributed by atoms with Crippen LogP contribution in [0.3, 0.4) is 0 Å². The Morgan fingerprint density at radius 1 is 1.31 bits per heavy atom. The molecule has 0 fully saturated rings. The molecular formula is C19H23NO4S2. The lowest BCUT2D eigenvalue weighted by atomic mass is 9.77. The quantitative estimate of drug-likeness (QED) is 0.605. The monoisotopic (exact) mass is 393 g/mol. The molecule has 0 amide bonds. The van der Waals surface area contributed by atoms with E-state index in [2.05, 4.69) is 0 Å². The topological polar surface area (TPSA) is 66.8 Å². The Kier molecular flexibility index (Phi) is 7.23. The number of methoxy groups -OCH3 is 1. The van der Waals surface area contributed by atoms with Crippen molar-refractivity contribution in [3.05, 3.63) is 46.6 Å². The molecule has 2 unspecified atom stereocenters. The maximum Gasteiger partial charge on any atom is 0.317 e. The number of carbonyl (C=O) groups excluding carboxylic acids is 2. The molecule has 1 aliphatic rings. The summed E-state index contributed by atoms with van der Waals surface area (Å²) >= 11 is 6.44. The number of thiocarbonyl (C=S) groups is 1. The minimum absolute atomic E-state index is 0.122. The van der Waals surface area contributed by atoms with E-state index in [0.29, 0.717) is 17.4 Å². The van der Waals surface area contributed by atoms with Gasteiger partial charge < -0.3 is 14.7 Å². The van der Waals surface area contributed by atoms with Gasteiger partial charge in [0.25, 0.3) is 0 Å². The highest BCUT2D eigenvalue weighted by molar-refractivity contribution is 8.26. The van der Waals surface area contributed by atoms with E-state index in [0.717, 1.165) is 17.3 Å². The van der Waals surface area contributed by atoms with Crippen LogP contribution in [0.4, 0.5) is 0 Å². The molecule has 0 spiro atoms. The largest absolute Gasteiger partial charge is 0.510 e. The highest BCUT2D eigenvalue weighted by atomic mass is 32.2. The summed E-state index contributed by atoms with van der Waals surface area (Å²) < 4.78 is 5.40. The van der Waals surface area contributed by atoms with Crippen LogP contribution in [0.25, 0.3) is 0 Å². The Bertz CT molecular complexity index is 714. The van der Waals surface area contributed by atoms with Crippen molar-refractivity contribution < 1.29 is 19.4 Å². The Hall–Kier alpha value is -1.86. The van der Waals surface area contributed by atoms with Gasteiger partial charge in [0.1, 0.15) is 16.0 Å². The Balaban J connectivity index is 2.41. The molecule has 1 aliphatic carbocycles. The lowest BCUT2D eigenvalue weighted by Gasteiger charge is -2.31. The van der Waals surface area contributed by atoms with Gasteiger partial charge in [0, 0.05) is 25.4 Å². The second-order valence-electron chi connectivity index (χ2n) is 5.90. The average molecular weight is 394 g/mol. The number of aliphatic hydroxyl groups is 1. The van der Waals surface area contributed by atoms with E-state index in [-0.39, 0.29) is 22.9 Å². The van der Waals surface area contributed by atoms with Crippen molar-refractivity contribution in [1.29, 1.82) is 0 Å². The fourth-order valence-corrected chi connectivity index (χ4v) is 4.54. The van der Waals surface area contributed by atoms with Gasteiger partial charge in [-0.15, -0.1) is 0 Å².